The van der Waals surface area contributed by atoms with Crippen LogP contribution in [0.25, 0.3) is 0 Å². The molecular weight excluding hydrogens is 318 g/mol. The van der Waals surface area contributed by atoms with Crippen molar-refractivity contribution in [3.63, 3.8) is 0 Å². The molecule has 0 bridgehead atoms. The van der Waals surface area contributed by atoms with Crippen LogP contribution in [0.5, 0.6) is 0 Å². The third-order valence-corrected chi connectivity index (χ3v) is 6.13. The van der Waals surface area contributed by atoms with E-state index < -0.39 is 20.8 Å². The van der Waals surface area contributed by atoms with Gasteiger partial charge in [0, 0.05) is 34.5 Å². The second kappa shape index (κ2) is 6.25. The van der Waals surface area contributed by atoms with Crippen molar-refractivity contribution in [1.29, 1.82) is 0 Å². The highest BCUT2D eigenvalue weighted by atomic mass is 32.2. The summed E-state index contributed by atoms with van der Waals surface area (Å²) in [6, 6.07) is 2.73. The molecule has 2 heterocycles. The van der Waals surface area contributed by atoms with Crippen molar-refractivity contribution >= 4 is 38.0 Å². The van der Waals surface area contributed by atoms with Crippen LogP contribution in [0.4, 0.5) is 0 Å². The molecule has 0 saturated carbocycles. The number of pyridine rings is 1. The summed E-state index contributed by atoms with van der Waals surface area (Å²) in [6.07, 6.45) is 2.57. The highest BCUT2D eigenvalue weighted by molar-refractivity contribution is 7.89. The van der Waals surface area contributed by atoms with E-state index >= 15 is 0 Å². The Kier molecular flexibility index (Phi) is 4.84. The number of nitrogens with one attached hydrogen (secondary N) is 1. The molecule has 0 aromatic carbocycles. The minimum absolute atomic E-state index is 0.0146. The van der Waals surface area contributed by atoms with Crippen molar-refractivity contribution in [2.24, 2.45) is 5.73 Å². The van der Waals surface area contributed by atoms with Crippen LogP contribution < -0.4 is 10.5 Å². The summed E-state index contributed by atoms with van der Waals surface area (Å²) in [5.41, 5.74) is 5.59. The molecule has 1 aliphatic heterocycles. The first-order valence-electron chi connectivity index (χ1n) is 6.02. The number of sulfonamides is 1. The summed E-state index contributed by atoms with van der Waals surface area (Å²) < 4.78 is 38.6. The number of aromatic nitrogens is 1. The monoisotopic (exact) mass is 333 g/mol. The van der Waals surface area contributed by atoms with E-state index in [4.69, 9.17) is 18.0 Å². The van der Waals surface area contributed by atoms with Crippen molar-refractivity contribution in [2.75, 3.05) is 11.5 Å². The molecule has 1 aromatic rings. The fourth-order valence-corrected chi connectivity index (χ4v) is 4.99. The second-order valence-electron chi connectivity index (χ2n) is 4.46. The number of thiocarbonyl (C=S) groups is 1. The van der Waals surface area contributed by atoms with Gasteiger partial charge >= 0.3 is 0 Å². The zero-order valence-corrected chi connectivity index (χ0v) is 13.1. The first-order valence-corrected chi connectivity index (χ1v) is 9.40. The van der Waals surface area contributed by atoms with Gasteiger partial charge in [0.2, 0.25) is 10.0 Å². The molecule has 1 aliphatic rings. The predicted octanol–water partition coefficient (Wildman–Crippen LogP) is -0.0948. The van der Waals surface area contributed by atoms with Gasteiger partial charge in [0.25, 0.3) is 0 Å². The van der Waals surface area contributed by atoms with E-state index in [0.717, 1.165) is 0 Å². The van der Waals surface area contributed by atoms with Crippen LogP contribution in [-0.4, -0.2) is 40.1 Å². The van der Waals surface area contributed by atoms with E-state index in [-0.39, 0.29) is 21.6 Å². The third kappa shape index (κ3) is 3.60. The summed E-state index contributed by atoms with van der Waals surface area (Å²) >= 11 is 4.82. The Morgan fingerprint density at radius 1 is 1.45 bits per heavy atom. The maximum Gasteiger partial charge on any atom is 0.243 e. The normalized spacial score (nSPS) is 23.4. The number of rotatable bonds is 4. The van der Waals surface area contributed by atoms with E-state index in [0.29, 0.717) is 24.3 Å². The molecule has 6 nitrogen and oxygen atoms in total. The first-order chi connectivity index (χ1) is 9.40. The average Bonchev–Trinajstić information content (AvgIpc) is 2.41. The zero-order chi connectivity index (χ0) is 14.8. The minimum Gasteiger partial charge on any atom is -0.388 e. The largest absolute Gasteiger partial charge is 0.388 e. The van der Waals surface area contributed by atoms with Crippen LogP contribution in [0.15, 0.2) is 23.2 Å². The molecule has 1 aromatic heterocycles. The molecule has 9 heteroatoms. The van der Waals surface area contributed by atoms with E-state index in [9.17, 15) is 12.6 Å². The third-order valence-electron chi connectivity index (χ3n) is 3.00. The van der Waals surface area contributed by atoms with Crippen molar-refractivity contribution in [2.45, 2.75) is 23.8 Å². The Labute approximate surface area is 125 Å². The molecule has 1 fully saturated rings. The lowest BCUT2D eigenvalue weighted by molar-refractivity contribution is 0.521. The van der Waals surface area contributed by atoms with Gasteiger partial charge in [0.1, 0.15) is 15.6 Å². The van der Waals surface area contributed by atoms with E-state index in [1.807, 2.05) is 0 Å². The smallest absolute Gasteiger partial charge is 0.243 e. The molecule has 20 heavy (non-hydrogen) atoms. The standard InChI is InChI=1S/C11H15N3O3S3/c12-11(18)10-9(2-1-5-13-10)20(16,17)14-8-3-6-19(15)7-4-8/h1-2,5,8,14H,3-4,6-7H2,(H2,12,18). The van der Waals surface area contributed by atoms with Gasteiger partial charge in [-0.15, -0.1) is 0 Å². The molecule has 1 saturated heterocycles. The number of hydrogen-bond acceptors (Lipinski definition) is 5. The highest BCUT2D eigenvalue weighted by Crippen LogP contribution is 2.16. The number of nitrogens with zero attached hydrogens (tertiary/aromatic N) is 1. The van der Waals surface area contributed by atoms with Gasteiger partial charge in [-0.25, -0.2) is 13.1 Å². The van der Waals surface area contributed by atoms with Gasteiger partial charge in [-0.1, -0.05) is 12.2 Å². The number of hydrogen-bond donors (Lipinski definition) is 2. The van der Waals surface area contributed by atoms with Crippen LogP contribution in [0, 0.1) is 0 Å². The number of nitrogens with two attached hydrogens (primary N) is 1. The lowest BCUT2D eigenvalue weighted by Crippen LogP contribution is -2.40. The van der Waals surface area contributed by atoms with Crippen LogP contribution in [0.2, 0.25) is 0 Å². The second-order valence-corrected chi connectivity index (χ2v) is 8.28. The SMILES string of the molecule is NC(=S)c1ncccc1S(=O)(=O)NC1CCS(=O)CC1. The maximum absolute atomic E-state index is 12.4. The summed E-state index contributed by atoms with van der Waals surface area (Å²) in [4.78, 5) is 3.84. The molecule has 3 N–H and O–H groups in total. The van der Waals surface area contributed by atoms with Crippen LogP contribution in [0.3, 0.4) is 0 Å². The summed E-state index contributed by atoms with van der Waals surface area (Å²) in [6.45, 7) is 0. The fraction of sp³-hybridized carbons (Fsp3) is 0.455. The van der Waals surface area contributed by atoms with Gasteiger partial charge in [-0.3, -0.25) is 9.19 Å². The van der Waals surface area contributed by atoms with Crippen molar-refractivity contribution in [1.82, 2.24) is 9.71 Å². The Balaban J connectivity index is 2.23. The van der Waals surface area contributed by atoms with E-state index in [1.54, 1.807) is 0 Å². The quantitative estimate of drug-likeness (QED) is 0.746. The summed E-state index contributed by atoms with van der Waals surface area (Å²) in [5.74, 6) is 1.03. The Morgan fingerprint density at radius 3 is 2.70 bits per heavy atom. The van der Waals surface area contributed by atoms with Gasteiger partial charge in [-0.2, -0.15) is 0 Å². The molecule has 0 radical (unpaired) electrons. The molecule has 0 amide bonds. The van der Waals surface area contributed by atoms with Gasteiger partial charge in [0.05, 0.1) is 0 Å². The van der Waals surface area contributed by atoms with Gasteiger partial charge in [-0.05, 0) is 25.0 Å². The Bertz CT molecular complexity index is 635. The topological polar surface area (TPSA) is 102 Å². The van der Waals surface area contributed by atoms with Gasteiger partial charge < -0.3 is 5.73 Å². The van der Waals surface area contributed by atoms with Crippen molar-refractivity contribution < 1.29 is 12.6 Å². The Morgan fingerprint density at radius 2 is 2.10 bits per heavy atom. The van der Waals surface area contributed by atoms with Crippen LogP contribution in [-0.2, 0) is 20.8 Å². The Hall–Kier alpha value is -0.900. The van der Waals surface area contributed by atoms with Gasteiger partial charge in [0.15, 0.2) is 0 Å². The lowest BCUT2D eigenvalue weighted by Gasteiger charge is -2.22. The van der Waals surface area contributed by atoms with Crippen LogP contribution >= 0.6 is 12.2 Å². The lowest BCUT2D eigenvalue weighted by atomic mass is 10.2. The van der Waals surface area contributed by atoms with Crippen molar-refractivity contribution in [3.8, 4) is 0 Å². The zero-order valence-electron chi connectivity index (χ0n) is 10.6. The molecule has 0 atom stereocenters. The van der Waals surface area contributed by atoms with Crippen molar-refractivity contribution in [3.05, 3.63) is 24.0 Å². The minimum atomic E-state index is -3.73. The summed E-state index contributed by atoms with van der Waals surface area (Å²) in [5, 5.41) is 0. The average molecular weight is 333 g/mol. The predicted molar refractivity (Wildman–Crippen MR) is 81.3 cm³/mol. The highest BCUT2D eigenvalue weighted by Gasteiger charge is 2.26. The molecule has 0 aliphatic carbocycles. The van der Waals surface area contributed by atoms with Crippen LogP contribution in [0.1, 0.15) is 18.5 Å². The molecule has 110 valence electrons. The van der Waals surface area contributed by atoms with E-state index in [2.05, 4.69) is 9.71 Å². The maximum atomic E-state index is 12.4. The molecule has 0 spiro atoms. The molecular formula is C11H15N3O3S3. The first kappa shape index (κ1) is 15.5. The molecule has 2 rings (SSSR count). The summed E-state index contributed by atoms with van der Waals surface area (Å²) in [7, 11) is -4.57. The van der Waals surface area contributed by atoms with E-state index in [1.165, 1.54) is 18.3 Å². The fourth-order valence-electron chi connectivity index (χ4n) is 1.99. The molecule has 0 unspecified atom stereocenters.